The second kappa shape index (κ2) is 3.58. The van der Waals surface area contributed by atoms with Gasteiger partial charge in [0.05, 0.1) is 6.26 Å². The van der Waals surface area contributed by atoms with Crippen LogP contribution in [0.15, 0.2) is 12.2 Å². The van der Waals surface area contributed by atoms with E-state index in [4.69, 9.17) is 0 Å². The summed E-state index contributed by atoms with van der Waals surface area (Å²) in [6, 6.07) is 0.0845. The normalized spacial score (nSPS) is 25.8. The van der Waals surface area contributed by atoms with Crippen LogP contribution < -0.4 is 4.72 Å². The standard InChI is InChI=1S/C8H15NO2S/c1-7-4-3-5-8(6-7)9-12(2,10)11/h8-9H,1,3-6H2,2H3. The summed E-state index contributed by atoms with van der Waals surface area (Å²) in [4.78, 5) is 0. The molecule has 0 radical (unpaired) electrons. The smallest absolute Gasteiger partial charge is 0.208 e. The lowest BCUT2D eigenvalue weighted by Crippen LogP contribution is -2.35. The number of rotatable bonds is 2. The van der Waals surface area contributed by atoms with E-state index in [0.717, 1.165) is 31.3 Å². The van der Waals surface area contributed by atoms with E-state index < -0.39 is 10.0 Å². The fourth-order valence-corrected chi connectivity index (χ4v) is 2.36. The Labute approximate surface area is 73.9 Å². The summed E-state index contributed by atoms with van der Waals surface area (Å²) >= 11 is 0. The minimum Gasteiger partial charge on any atom is -0.213 e. The molecule has 0 aliphatic heterocycles. The van der Waals surface area contributed by atoms with Crippen molar-refractivity contribution in [2.24, 2.45) is 0 Å². The third-order valence-electron chi connectivity index (χ3n) is 2.00. The summed E-state index contributed by atoms with van der Waals surface area (Å²) in [5, 5.41) is 0. The van der Waals surface area contributed by atoms with Gasteiger partial charge >= 0.3 is 0 Å². The van der Waals surface area contributed by atoms with Crippen molar-refractivity contribution in [1.29, 1.82) is 0 Å². The van der Waals surface area contributed by atoms with Gasteiger partial charge in [0, 0.05) is 6.04 Å². The van der Waals surface area contributed by atoms with Gasteiger partial charge in [0.25, 0.3) is 0 Å². The van der Waals surface area contributed by atoms with Gasteiger partial charge in [-0.15, -0.1) is 0 Å². The van der Waals surface area contributed by atoms with E-state index in [1.54, 1.807) is 0 Å². The molecule has 0 amide bonds. The third-order valence-corrected chi connectivity index (χ3v) is 2.76. The van der Waals surface area contributed by atoms with Gasteiger partial charge in [-0.1, -0.05) is 12.2 Å². The molecule has 1 aliphatic carbocycles. The molecule has 3 nitrogen and oxygen atoms in total. The monoisotopic (exact) mass is 189 g/mol. The van der Waals surface area contributed by atoms with E-state index in [9.17, 15) is 8.42 Å². The van der Waals surface area contributed by atoms with E-state index in [1.165, 1.54) is 6.26 Å². The predicted octanol–water partition coefficient (Wildman–Crippen LogP) is 1.03. The molecule has 1 fully saturated rings. The highest BCUT2D eigenvalue weighted by Crippen LogP contribution is 2.21. The van der Waals surface area contributed by atoms with E-state index >= 15 is 0 Å². The van der Waals surface area contributed by atoms with E-state index in [-0.39, 0.29) is 6.04 Å². The highest BCUT2D eigenvalue weighted by molar-refractivity contribution is 7.88. The van der Waals surface area contributed by atoms with E-state index in [0.29, 0.717) is 0 Å². The molecule has 0 saturated heterocycles. The summed E-state index contributed by atoms with van der Waals surface area (Å²) in [7, 11) is -3.04. The van der Waals surface area contributed by atoms with Crippen LogP contribution in [-0.4, -0.2) is 20.7 Å². The molecule has 0 aromatic heterocycles. The quantitative estimate of drug-likeness (QED) is 0.660. The molecule has 1 rings (SSSR count). The fourth-order valence-electron chi connectivity index (χ4n) is 1.55. The van der Waals surface area contributed by atoms with Crippen LogP contribution in [-0.2, 0) is 10.0 Å². The topological polar surface area (TPSA) is 46.2 Å². The van der Waals surface area contributed by atoms with Crippen LogP contribution in [0, 0.1) is 0 Å². The highest BCUT2D eigenvalue weighted by atomic mass is 32.2. The van der Waals surface area contributed by atoms with E-state index in [1.807, 2.05) is 0 Å². The largest absolute Gasteiger partial charge is 0.213 e. The molecule has 1 unspecified atom stereocenters. The van der Waals surface area contributed by atoms with Crippen LogP contribution in [0.1, 0.15) is 25.7 Å². The Morgan fingerprint density at radius 1 is 1.58 bits per heavy atom. The Hall–Kier alpha value is -0.350. The molecule has 0 aromatic rings. The van der Waals surface area contributed by atoms with Gasteiger partial charge in [0.2, 0.25) is 10.0 Å². The summed E-state index contributed by atoms with van der Waals surface area (Å²) in [6.45, 7) is 3.86. The van der Waals surface area contributed by atoms with Crippen LogP contribution in [0.4, 0.5) is 0 Å². The Morgan fingerprint density at radius 2 is 2.25 bits per heavy atom. The molecule has 1 aliphatic rings. The van der Waals surface area contributed by atoms with Crippen LogP contribution >= 0.6 is 0 Å². The molecule has 1 saturated carbocycles. The Kier molecular flexibility index (Phi) is 2.90. The Balaban J connectivity index is 2.48. The maximum absolute atomic E-state index is 10.9. The zero-order valence-electron chi connectivity index (χ0n) is 7.34. The van der Waals surface area contributed by atoms with Gasteiger partial charge in [-0.3, -0.25) is 0 Å². The first kappa shape index (κ1) is 9.74. The number of nitrogens with one attached hydrogen (secondary N) is 1. The van der Waals surface area contributed by atoms with Crippen molar-refractivity contribution in [3.8, 4) is 0 Å². The first-order chi connectivity index (χ1) is 5.47. The molecule has 0 heterocycles. The van der Waals surface area contributed by atoms with Crippen LogP contribution in [0.5, 0.6) is 0 Å². The molecule has 0 bridgehead atoms. The average molecular weight is 189 g/mol. The van der Waals surface area contributed by atoms with Crippen LogP contribution in [0.25, 0.3) is 0 Å². The van der Waals surface area contributed by atoms with Crippen molar-refractivity contribution in [3.05, 3.63) is 12.2 Å². The van der Waals surface area contributed by atoms with Gasteiger partial charge in [-0.25, -0.2) is 13.1 Å². The lowest BCUT2D eigenvalue weighted by atomic mass is 9.92. The fraction of sp³-hybridized carbons (Fsp3) is 0.750. The molecule has 4 heteroatoms. The van der Waals surface area contributed by atoms with Crippen molar-refractivity contribution >= 4 is 10.0 Å². The van der Waals surface area contributed by atoms with Gasteiger partial charge in [0.1, 0.15) is 0 Å². The summed E-state index contributed by atoms with van der Waals surface area (Å²) in [5.41, 5.74) is 1.16. The lowest BCUT2D eigenvalue weighted by Gasteiger charge is -2.23. The van der Waals surface area contributed by atoms with Gasteiger partial charge < -0.3 is 0 Å². The first-order valence-electron chi connectivity index (χ1n) is 4.11. The summed E-state index contributed by atoms with van der Waals surface area (Å²) in [5.74, 6) is 0. The van der Waals surface area contributed by atoms with Crippen LogP contribution in [0.3, 0.4) is 0 Å². The van der Waals surface area contributed by atoms with Crippen LogP contribution in [0.2, 0.25) is 0 Å². The highest BCUT2D eigenvalue weighted by Gasteiger charge is 2.18. The summed E-state index contributed by atoms with van der Waals surface area (Å²) in [6.07, 6.45) is 5.03. The van der Waals surface area contributed by atoms with Crippen molar-refractivity contribution in [2.45, 2.75) is 31.7 Å². The van der Waals surface area contributed by atoms with Crippen molar-refractivity contribution in [1.82, 2.24) is 4.72 Å². The van der Waals surface area contributed by atoms with Gasteiger partial charge in [-0.2, -0.15) is 0 Å². The zero-order valence-corrected chi connectivity index (χ0v) is 8.15. The second-order valence-corrected chi connectivity index (χ2v) is 5.21. The molecule has 12 heavy (non-hydrogen) atoms. The van der Waals surface area contributed by atoms with Gasteiger partial charge in [-0.05, 0) is 25.7 Å². The Bertz CT molecular complexity index is 269. The SMILES string of the molecule is C=C1CCCC(NS(C)(=O)=O)C1. The maximum Gasteiger partial charge on any atom is 0.208 e. The first-order valence-corrected chi connectivity index (χ1v) is 6.00. The van der Waals surface area contributed by atoms with Gasteiger partial charge in [0.15, 0.2) is 0 Å². The molecular weight excluding hydrogens is 174 g/mol. The maximum atomic E-state index is 10.9. The Morgan fingerprint density at radius 3 is 2.75 bits per heavy atom. The number of hydrogen-bond acceptors (Lipinski definition) is 2. The number of hydrogen-bond donors (Lipinski definition) is 1. The number of sulfonamides is 1. The average Bonchev–Trinajstić information content (AvgIpc) is 1.82. The second-order valence-electron chi connectivity index (χ2n) is 3.43. The summed E-state index contributed by atoms with van der Waals surface area (Å²) < 4.78 is 24.3. The molecular formula is C8H15NO2S. The predicted molar refractivity (Wildman–Crippen MR) is 49.4 cm³/mol. The lowest BCUT2D eigenvalue weighted by molar-refractivity contribution is 0.475. The molecule has 1 N–H and O–H groups in total. The van der Waals surface area contributed by atoms with Crippen molar-refractivity contribution in [2.75, 3.05) is 6.26 Å². The minimum atomic E-state index is -3.04. The van der Waals surface area contributed by atoms with Crippen molar-refractivity contribution < 1.29 is 8.42 Å². The van der Waals surface area contributed by atoms with E-state index in [2.05, 4.69) is 11.3 Å². The molecule has 1 atom stereocenters. The molecule has 0 aromatic carbocycles. The minimum absolute atomic E-state index is 0.0845. The zero-order chi connectivity index (χ0) is 9.19. The third kappa shape index (κ3) is 3.36. The van der Waals surface area contributed by atoms with Crippen molar-refractivity contribution in [3.63, 3.8) is 0 Å². The molecule has 0 spiro atoms. The molecule has 70 valence electrons.